The number of aliphatic carboxylic acids is 1. The predicted molar refractivity (Wildman–Crippen MR) is 66.4 cm³/mol. The van der Waals surface area contributed by atoms with Gasteiger partial charge in [-0.05, 0) is 0 Å². The zero-order chi connectivity index (χ0) is 14.8. The zero-order valence-electron chi connectivity index (χ0n) is 10.3. The molecule has 8 nitrogen and oxygen atoms in total. The summed E-state index contributed by atoms with van der Waals surface area (Å²) in [5.41, 5.74) is 0. The van der Waals surface area contributed by atoms with Crippen LogP contribution in [-0.4, -0.2) is 51.2 Å². The molecular weight excluding hydrogens is 274 g/mol. The smallest absolute Gasteiger partial charge is 0.327 e. The number of carbonyl (C=O) groups is 3. The van der Waals surface area contributed by atoms with Gasteiger partial charge in [0, 0.05) is 24.3 Å². The number of hydrogen-bond acceptors (Lipinski definition) is 5. The van der Waals surface area contributed by atoms with Gasteiger partial charge in [-0.3, -0.25) is 13.8 Å². The summed E-state index contributed by atoms with van der Waals surface area (Å²) in [7, 11) is -1.71. The third-order valence-corrected chi connectivity index (χ3v) is 3.17. The first kappa shape index (κ1) is 17.1. The summed E-state index contributed by atoms with van der Waals surface area (Å²) in [4.78, 5) is 32.8. The molecule has 0 spiro atoms. The van der Waals surface area contributed by atoms with Gasteiger partial charge < -0.3 is 15.7 Å². The highest BCUT2D eigenvalue weighted by molar-refractivity contribution is 7.85. The Kier molecular flexibility index (Phi) is 8.12. The molecule has 0 aromatic rings. The van der Waals surface area contributed by atoms with Crippen LogP contribution in [0.1, 0.15) is 13.3 Å². The topological polar surface area (TPSA) is 136 Å². The van der Waals surface area contributed by atoms with Crippen LogP contribution in [0.5, 0.6) is 0 Å². The van der Waals surface area contributed by atoms with Crippen molar-refractivity contribution < 1.29 is 23.7 Å². The Labute approximate surface area is 112 Å². The van der Waals surface area contributed by atoms with Crippen LogP contribution in [0.3, 0.4) is 0 Å². The molecule has 0 fully saturated rings. The highest BCUT2D eigenvalue weighted by Gasteiger charge is 2.22. The van der Waals surface area contributed by atoms with Gasteiger partial charge in [0.05, 0.1) is 18.2 Å². The largest absolute Gasteiger partial charge is 0.480 e. The van der Waals surface area contributed by atoms with Crippen molar-refractivity contribution in [3.05, 3.63) is 0 Å². The van der Waals surface area contributed by atoms with E-state index >= 15 is 0 Å². The molecule has 0 radical (unpaired) electrons. The van der Waals surface area contributed by atoms with Gasteiger partial charge >= 0.3 is 5.97 Å². The number of rotatable bonds is 8. The number of carbonyl (C=O) groups excluding carboxylic acids is 2. The second-order valence-electron chi connectivity index (χ2n) is 3.60. The Morgan fingerprint density at radius 1 is 1.42 bits per heavy atom. The van der Waals surface area contributed by atoms with E-state index < -0.39 is 34.6 Å². The van der Waals surface area contributed by atoms with Crippen molar-refractivity contribution in [1.29, 1.82) is 5.26 Å². The quantitative estimate of drug-likeness (QED) is 0.458. The van der Waals surface area contributed by atoms with Crippen molar-refractivity contribution >= 4 is 28.6 Å². The minimum atomic E-state index is -1.71. The third kappa shape index (κ3) is 8.73. The predicted octanol–water partition coefficient (Wildman–Crippen LogP) is -1.65. The van der Waals surface area contributed by atoms with Gasteiger partial charge in [0.25, 0.3) is 0 Å². The highest BCUT2D eigenvalue weighted by atomic mass is 32.2. The standard InChI is InChI=1S/C10H15N3O5S/c1-7(14)13-8(10(16)17)5-19(18)6-9(15)12-4-2-3-11/h8H,2,4-6H2,1H3,(H,12,15)(H,13,14)(H,16,17)/t8-,19?/m0/s1. The molecule has 2 amide bonds. The van der Waals surface area contributed by atoms with Crippen LogP contribution in [0, 0.1) is 11.3 Å². The van der Waals surface area contributed by atoms with E-state index in [0.29, 0.717) is 0 Å². The van der Waals surface area contributed by atoms with Crippen molar-refractivity contribution in [3.63, 3.8) is 0 Å². The summed E-state index contributed by atoms with van der Waals surface area (Å²) in [6.45, 7) is 1.30. The fourth-order valence-electron chi connectivity index (χ4n) is 1.12. The molecule has 106 valence electrons. The molecule has 0 aliphatic rings. The van der Waals surface area contributed by atoms with E-state index in [1.165, 1.54) is 0 Å². The normalized spacial score (nSPS) is 12.8. The van der Waals surface area contributed by atoms with Crippen molar-refractivity contribution in [3.8, 4) is 6.07 Å². The van der Waals surface area contributed by atoms with E-state index in [1.807, 2.05) is 6.07 Å². The van der Waals surface area contributed by atoms with Crippen molar-refractivity contribution in [2.45, 2.75) is 19.4 Å². The fourth-order valence-corrected chi connectivity index (χ4v) is 2.23. The number of hydrogen-bond donors (Lipinski definition) is 3. The first-order chi connectivity index (χ1) is 8.86. The minimum absolute atomic E-state index is 0.141. The Morgan fingerprint density at radius 3 is 2.53 bits per heavy atom. The van der Waals surface area contributed by atoms with E-state index in [0.717, 1.165) is 6.92 Å². The summed E-state index contributed by atoms with van der Waals surface area (Å²) in [5, 5.41) is 21.5. The van der Waals surface area contributed by atoms with E-state index in [-0.39, 0.29) is 24.5 Å². The van der Waals surface area contributed by atoms with E-state index in [2.05, 4.69) is 10.6 Å². The van der Waals surface area contributed by atoms with Gasteiger partial charge in [0.2, 0.25) is 11.8 Å². The van der Waals surface area contributed by atoms with Crippen LogP contribution in [0.15, 0.2) is 0 Å². The maximum Gasteiger partial charge on any atom is 0.327 e. The average Bonchev–Trinajstić information content (AvgIpc) is 2.27. The highest BCUT2D eigenvalue weighted by Crippen LogP contribution is 1.92. The molecule has 0 aromatic heterocycles. The van der Waals surface area contributed by atoms with Crippen LogP contribution < -0.4 is 10.6 Å². The summed E-state index contributed by atoms with van der Waals surface area (Å²) in [5.74, 6) is -3.10. The van der Waals surface area contributed by atoms with Gasteiger partial charge in [0.1, 0.15) is 11.8 Å². The maximum atomic E-state index is 11.6. The fraction of sp³-hybridized carbons (Fsp3) is 0.600. The summed E-state index contributed by atoms with van der Waals surface area (Å²) < 4.78 is 11.6. The molecule has 3 N–H and O–H groups in total. The van der Waals surface area contributed by atoms with Crippen molar-refractivity contribution in [2.24, 2.45) is 0 Å². The lowest BCUT2D eigenvalue weighted by molar-refractivity contribution is -0.140. The van der Waals surface area contributed by atoms with Crippen LogP contribution in [0.25, 0.3) is 0 Å². The molecule has 0 aliphatic heterocycles. The Hall–Kier alpha value is -1.95. The van der Waals surface area contributed by atoms with Crippen LogP contribution in [0.4, 0.5) is 0 Å². The number of nitriles is 1. The monoisotopic (exact) mass is 289 g/mol. The molecule has 0 aliphatic carbocycles. The van der Waals surface area contributed by atoms with E-state index in [4.69, 9.17) is 10.4 Å². The number of carboxylic acid groups (broad SMARTS) is 1. The van der Waals surface area contributed by atoms with Gasteiger partial charge in [-0.25, -0.2) is 4.79 Å². The van der Waals surface area contributed by atoms with E-state index in [1.54, 1.807) is 0 Å². The molecule has 2 atom stereocenters. The minimum Gasteiger partial charge on any atom is -0.480 e. The second kappa shape index (κ2) is 9.04. The van der Waals surface area contributed by atoms with Gasteiger partial charge in [-0.15, -0.1) is 0 Å². The van der Waals surface area contributed by atoms with Crippen LogP contribution in [0.2, 0.25) is 0 Å². The molecule has 19 heavy (non-hydrogen) atoms. The molecule has 1 unspecified atom stereocenters. The maximum absolute atomic E-state index is 11.6. The third-order valence-electron chi connectivity index (χ3n) is 1.88. The molecule has 0 aromatic carbocycles. The zero-order valence-corrected chi connectivity index (χ0v) is 11.2. The summed E-state index contributed by atoms with van der Waals surface area (Å²) >= 11 is 0. The lowest BCUT2D eigenvalue weighted by Crippen LogP contribution is -2.44. The molecule has 0 rings (SSSR count). The number of amides is 2. The SMILES string of the molecule is CC(=O)N[C@@H](CS(=O)CC(=O)NCCC#N)C(=O)O. The van der Waals surface area contributed by atoms with Gasteiger partial charge in [-0.1, -0.05) is 0 Å². The van der Waals surface area contributed by atoms with Crippen molar-refractivity contribution in [2.75, 3.05) is 18.1 Å². The van der Waals surface area contributed by atoms with Crippen molar-refractivity contribution in [1.82, 2.24) is 10.6 Å². The molecule has 0 saturated carbocycles. The number of carboxylic acids is 1. The summed E-state index contributed by atoms with van der Waals surface area (Å²) in [6.07, 6.45) is 0.141. The van der Waals surface area contributed by atoms with Crippen LogP contribution in [-0.2, 0) is 25.2 Å². The first-order valence-electron chi connectivity index (χ1n) is 5.35. The first-order valence-corrected chi connectivity index (χ1v) is 6.84. The molecular formula is C10H15N3O5S. The number of nitrogens with zero attached hydrogens (tertiary/aromatic N) is 1. The lowest BCUT2D eigenvalue weighted by Gasteiger charge is -2.12. The Bertz CT molecular complexity index is 418. The second-order valence-corrected chi connectivity index (χ2v) is 5.10. The molecule has 0 bridgehead atoms. The molecule has 9 heteroatoms. The van der Waals surface area contributed by atoms with Crippen LogP contribution >= 0.6 is 0 Å². The summed E-state index contributed by atoms with van der Waals surface area (Å²) in [6, 6.07) is 0.543. The lowest BCUT2D eigenvalue weighted by atomic mass is 10.3. The number of nitrogens with one attached hydrogen (secondary N) is 2. The Balaban J connectivity index is 4.19. The Morgan fingerprint density at radius 2 is 2.05 bits per heavy atom. The van der Waals surface area contributed by atoms with Gasteiger partial charge in [0.15, 0.2) is 0 Å². The van der Waals surface area contributed by atoms with E-state index in [9.17, 15) is 18.6 Å². The molecule has 0 heterocycles. The average molecular weight is 289 g/mol. The van der Waals surface area contributed by atoms with Gasteiger partial charge in [-0.2, -0.15) is 5.26 Å². The molecule has 0 saturated heterocycles.